The summed E-state index contributed by atoms with van der Waals surface area (Å²) in [5.41, 5.74) is 2.41. The number of benzene rings is 1. The molecule has 140 valence electrons. The maximum atomic E-state index is 12.9. The van der Waals surface area contributed by atoms with E-state index in [-0.39, 0.29) is 15.3 Å². The summed E-state index contributed by atoms with van der Waals surface area (Å²) in [4.78, 5) is 11.9. The van der Waals surface area contributed by atoms with E-state index in [0.717, 1.165) is 5.56 Å². The largest absolute Gasteiger partial charge is 0.465 e. The van der Waals surface area contributed by atoms with E-state index in [2.05, 4.69) is 25.4 Å². The highest BCUT2D eigenvalue weighted by molar-refractivity contribution is 9.12. The van der Waals surface area contributed by atoms with Crippen molar-refractivity contribution in [2.45, 2.75) is 52.0 Å². The summed E-state index contributed by atoms with van der Waals surface area (Å²) < 4.78 is 33.4. The van der Waals surface area contributed by atoms with Crippen molar-refractivity contribution in [2.75, 3.05) is 7.11 Å². The van der Waals surface area contributed by atoms with Gasteiger partial charge in [-0.3, -0.25) is 0 Å². The van der Waals surface area contributed by atoms with Crippen LogP contribution in [0.4, 0.5) is 0 Å². The molecule has 0 amide bonds. The molecule has 0 aliphatic rings. The van der Waals surface area contributed by atoms with E-state index in [1.807, 2.05) is 32.9 Å². The fourth-order valence-electron chi connectivity index (χ4n) is 2.85. The van der Waals surface area contributed by atoms with Crippen molar-refractivity contribution in [3.8, 4) is 0 Å². The Morgan fingerprint density at radius 2 is 1.76 bits per heavy atom. The van der Waals surface area contributed by atoms with E-state index in [9.17, 15) is 13.2 Å². The third-order valence-corrected chi connectivity index (χ3v) is 6.02. The van der Waals surface area contributed by atoms with Crippen molar-refractivity contribution >= 4 is 31.9 Å². The van der Waals surface area contributed by atoms with Crippen LogP contribution in [-0.2, 0) is 19.6 Å². The third-order valence-electron chi connectivity index (χ3n) is 3.63. The topological polar surface area (TPSA) is 72.5 Å². The molecule has 0 heterocycles. The van der Waals surface area contributed by atoms with Crippen molar-refractivity contribution < 1.29 is 17.9 Å². The lowest BCUT2D eigenvalue weighted by atomic mass is 10.0. The molecule has 7 heteroatoms. The number of carbonyl (C=O) groups excluding carboxylic acids is 1. The molecule has 0 bridgehead atoms. The van der Waals surface area contributed by atoms with E-state index < -0.39 is 22.0 Å². The van der Waals surface area contributed by atoms with Gasteiger partial charge in [0.2, 0.25) is 10.0 Å². The van der Waals surface area contributed by atoms with Crippen molar-refractivity contribution in [1.82, 2.24) is 4.72 Å². The van der Waals surface area contributed by atoms with Crippen LogP contribution in [0.2, 0.25) is 0 Å². The molecule has 1 aromatic carbocycles. The average Bonchev–Trinajstić information content (AvgIpc) is 2.43. The quantitative estimate of drug-likeness (QED) is 0.526. The van der Waals surface area contributed by atoms with Crippen molar-refractivity contribution in [2.24, 2.45) is 5.92 Å². The molecule has 1 aromatic rings. The first-order chi connectivity index (χ1) is 11.5. The molecule has 1 unspecified atom stereocenters. The number of aryl methyl sites for hydroxylation is 3. The SMILES string of the molecule is COC(=O)/C(Br)=C/C(CC(C)C)NS(=O)(=O)c1c(C)cc(C)cc1C. The van der Waals surface area contributed by atoms with Gasteiger partial charge in [-0.2, -0.15) is 0 Å². The molecular weight excluding hydrogens is 406 g/mol. The highest BCUT2D eigenvalue weighted by atomic mass is 79.9. The predicted molar refractivity (Wildman–Crippen MR) is 103 cm³/mol. The zero-order valence-corrected chi connectivity index (χ0v) is 17.9. The minimum Gasteiger partial charge on any atom is -0.465 e. The Bertz CT molecular complexity index is 746. The van der Waals surface area contributed by atoms with E-state index in [1.165, 1.54) is 7.11 Å². The normalized spacial score (nSPS) is 13.8. The monoisotopic (exact) mass is 431 g/mol. The highest BCUT2D eigenvalue weighted by Gasteiger charge is 2.24. The second kappa shape index (κ2) is 8.96. The number of ether oxygens (including phenoxy) is 1. The molecule has 0 radical (unpaired) electrons. The molecule has 0 aliphatic heterocycles. The Morgan fingerprint density at radius 3 is 2.20 bits per heavy atom. The Morgan fingerprint density at radius 1 is 1.24 bits per heavy atom. The summed E-state index contributed by atoms with van der Waals surface area (Å²) in [6.45, 7) is 9.48. The molecule has 1 N–H and O–H groups in total. The first-order valence-electron chi connectivity index (χ1n) is 8.03. The van der Waals surface area contributed by atoms with Crippen LogP contribution in [0.15, 0.2) is 27.6 Å². The van der Waals surface area contributed by atoms with Gasteiger partial charge in [-0.05, 0) is 66.2 Å². The number of carbonyl (C=O) groups is 1. The Balaban J connectivity index is 3.25. The smallest absolute Gasteiger partial charge is 0.344 e. The summed E-state index contributed by atoms with van der Waals surface area (Å²) in [7, 11) is -2.45. The van der Waals surface area contributed by atoms with Gasteiger partial charge in [0.15, 0.2) is 0 Å². The fourth-order valence-corrected chi connectivity index (χ4v) is 4.98. The zero-order chi connectivity index (χ0) is 19.4. The fraction of sp³-hybridized carbons (Fsp3) is 0.500. The zero-order valence-electron chi connectivity index (χ0n) is 15.5. The second-order valence-corrected chi connectivity index (χ2v) is 9.10. The molecule has 0 aromatic heterocycles. The van der Waals surface area contributed by atoms with E-state index >= 15 is 0 Å². The van der Waals surface area contributed by atoms with Crippen LogP contribution in [0.5, 0.6) is 0 Å². The van der Waals surface area contributed by atoms with Gasteiger partial charge in [0.1, 0.15) is 4.48 Å². The summed E-state index contributed by atoms with van der Waals surface area (Å²) >= 11 is 3.15. The van der Waals surface area contributed by atoms with Gasteiger partial charge in [0.25, 0.3) is 0 Å². The lowest BCUT2D eigenvalue weighted by Crippen LogP contribution is -2.35. The predicted octanol–water partition coefficient (Wildman–Crippen LogP) is 3.76. The second-order valence-electron chi connectivity index (χ2n) is 6.59. The van der Waals surface area contributed by atoms with Crippen molar-refractivity contribution in [1.29, 1.82) is 0 Å². The lowest BCUT2D eigenvalue weighted by molar-refractivity contribution is -0.135. The molecule has 0 saturated heterocycles. The Labute approximate surface area is 159 Å². The Hall–Kier alpha value is -1.18. The van der Waals surface area contributed by atoms with Crippen LogP contribution in [-0.4, -0.2) is 27.5 Å². The average molecular weight is 432 g/mol. The van der Waals surface area contributed by atoms with Gasteiger partial charge < -0.3 is 4.74 Å². The first kappa shape index (κ1) is 21.9. The summed E-state index contributed by atoms with van der Waals surface area (Å²) in [6.07, 6.45) is 2.09. The van der Waals surface area contributed by atoms with Crippen LogP contribution < -0.4 is 4.72 Å². The number of esters is 1. The lowest BCUT2D eigenvalue weighted by Gasteiger charge is -2.20. The van der Waals surface area contributed by atoms with Gasteiger partial charge in [-0.1, -0.05) is 31.5 Å². The van der Waals surface area contributed by atoms with Gasteiger partial charge in [0.05, 0.1) is 12.0 Å². The summed E-state index contributed by atoms with van der Waals surface area (Å²) in [5.74, 6) is -0.308. The van der Waals surface area contributed by atoms with E-state index in [0.29, 0.717) is 17.5 Å². The molecule has 0 aliphatic carbocycles. The van der Waals surface area contributed by atoms with Crippen LogP contribution in [0.3, 0.4) is 0 Å². The molecule has 25 heavy (non-hydrogen) atoms. The van der Waals surface area contributed by atoms with E-state index in [4.69, 9.17) is 0 Å². The van der Waals surface area contributed by atoms with Crippen molar-refractivity contribution in [3.05, 3.63) is 39.4 Å². The van der Waals surface area contributed by atoms with Crippen LogP contribution in [0.25, 0.3) is 0 Å². The van der Waals surface area contributed by atoms with E-state index in [1.54, 1.807) is 19.9 Å². The number of halogens is 1. The summed E-state index contributed by atoms with van der Waals surface area (Å²) in [6, 6.07) is 3.16. The van der Waals surface area contributed by atoms with Crippen molar-refractivity contribution in [3.63, 3.8) is 0 Å². The van der Waals surface area contributed by atoms with Gasteiger partial charge >= 0.3 is 5.97 Å². The van der Waals surface area contributed by atoms with Crippen LogP contribution in [0.1, 0.15) is 37.0 Å². The number of methoxy groups -OCH3 is 1. The maximum Gasteiger partial charge on any atom is 0.344 e. The summed E-state index contributed by atoms with van der Waals surface area (Å²) in [5, 5.41) is 0. The van der Waals surface area contributed by atoms with Crippen LogP contribution in [0, 0.1) is 26.7 Å². The number of hydrogen-bond donors (Lipinski definition) is 1. The molecule has 1 rings (SSSR count). The Kier molecular flexibility index (Phi) is 7.84. The molecule has 0 spiro atoms. The number of rotatable bonds is 7. The van der Waals surface area contributed by atoms with Gasteiger partial charge in [0, 0.05) is 6.04 Å². The van der Waals surface area contributed by atoms with Gasteiger partial charge in [-0.25, -0.2) is 17.9 Å². The minimum atomic E-state index is -3.73. The third kappa shape index (κ3) is 6.24. The molecule has 5 nitrogen and oxygen atoms in total. The van der Waals surface area contributed by atoms with Crippen LogP contribution >= 0.6 is 15.9 Å². The molecule has 1 atom stereocenters. The number of nitrogens with one attached hydrogen (secondary N) is 1. The standard InChI is InChI=1S/C18H26BrNO4S/c1-11(2)7-15(10-16(19)18(21)24-6)20-25(22,23)17-13(4)8-12(3)9-14(17)5/h8-11,15,20H,7H2,1-6H3/b16-10-. The maximum absolute atomic E-state index is 12.9. The molecule has 0 fully saturated rings. The first-order valence-corrected chi connectivity index (χ1v) is 10.3. The number of hydrogen-bond acceptors (Lipinski definition) is 4. The minimum absolute atomic E-state index is 0.195. The molecule has 0 saturated carbocycles. The van der Waals surface area contributed by atoms with Gasteiger partial charge in [-0.15, -0.1) is 0 Å². The highest BCUT2D eigenvalue weighted by Crippen LogP contribution is 2.23. The molecular formula is C18H26BrNO4S. The number of sulfonamides is 1.